The van der Waals surface area contributed by atoms with Gasteiger partial charge in [0.2, 0.25) is 10.0 Å². The predicted molar refractivity (Wildman–Crippen MR) is 77.3 cm³/mol. The van der Waals surface area contributed by atoms with Crippen LogP contribution in [0.1, 0.15) is 29.3 Å². The van der Waals surface area contributed by atoms with Crippen molar-refractivity contribution in [3.63, 3.8) is 0 Å². The number of hydrogen-bond donors (Lipinski definition) is 3. The summed E-state index contributed by atoms with van der Waals surface area (Å²) in [4.78, 5) is 11.0. The maximum absolute atomic E-state index is 12.2. The standard InChI is InChI=1S/C12H16BrNO5S/c1-3-8(6-15)14-20(18,19)9-4-10(12(16)17)7(2)11(13)5-9/h4-5,8,14-15H,3,6H2,1-2H3,(H,16,17)/t8-/m1/s1. The minimum atomic E-state index is -3.88. The van der Waals surface area contributed by atoms with Gasteiger partial charge in [0.1, 0.15) is 0 Å². The Balaban J connectivity index is 3.29. The first-order valence-corrected chi connectivity index (χ1v) is 8.17. The van der Waals surface area contributed by atoms with Gasteiger partial charge in [0.05, 0.1) is 17.1 Å². The second kappa shape index (κ2) is 6.66. The molecule has 1 rings (SSSR count). The van der Waals surface area contributed by atoms with Gasteiger partial charge in [0, 0.05) is 10.5 Å². The molecule has 0 aliphatic heterocycles. The fraction of sp³-hybridized carbons (Fsp3) is 0.417. The van der Waals surface area contributed by atoms with E-state index >= 15 is 0 Å². The summed E-state index contributed by atoms with van der Waals surface area (Å²) in [5, 5.41) is 18.1. The third kappa shape index (κ3) is 3.78. The number of carboxylic acids is 1. The van der Waals surface area contributed by atoms with Crippen molar-refractivity contribution in [2.75, 3.05) is 6.61 Å². The van der Waals surface area contributed by atoms with E-state index in [2.05, 4.69) is 20.7 Å². The summed E-state index contributed by atoms with van der Waals surface area (Å²) < 4.78 is 27.1. The highest BCUT2D eigenvalue weighted by atomic mass is 79.9. The van der Waals surface area contributed by atoms with Crippen LogP contribution in [0.2, 0.25) is 0 Å². The second-order valence-corrected chi connectivity index (χ2v) is 6.86. The maximum Gasteiger partial charge on any atom is 0.336 e. The number of sulfonamides is 1. The van der Waals surface area contributed by atoms with Crippen molar-refractivity contribution in [1.82, 2.24) is 4.72 Å². The summed E-state index contributed by atoms with van der Waals surface area (Å²) in [7, 11) is -3.88. The van der Waals surface area contributed by atoms with Crippen LogP contribution < -0.4 is 4.72 Å². The number of hydrogen-bond acceptors (Lipinski definition) is 4. The normalized spacial score (nSPS) is 13.2. The molecule has 0 bridgehead atoms. The Hall–Kier alpha value is -0.960. The highest BCUT2D eigenvalue weighted by Crippen LogP contribution is 2.25. The van der Waals surface area contributed by atoms with E-state index in [4.69, 9.17) is 10.2 Å². The van der Waals surface area contributed by atoms with Crippen LogP contribution in [0.4, 0.5) is 0 Å². The first-order chi connectivity index (χ1) is 9.22. The van der Waals surface area contributed by atoms with Crippen LogP contribution in [0.25, 0.3) is 0 Å². The molecule has 0 aromatic heterocycles. The third-order valence-corrected chi connectivity index (χ3v) is 5.22. The van der Waals surface area contributed by atoms with Crippen molar-refractivity contribution < 1.29 is 23.4 Å². The van der Waals surface area contributed by atoms with E-state index in [1.165, 1.54) is 6.07 Å². The third-order valence-electron chi connectivity index (χ3n) is 2.89. The Bertz CT molecular complexity index is 611. The Morgan fingerprint density at radius 3 is 2.50 bits per heavy atom. The van der Waals surface area contributed by atoms with Crippen LogP contribution in [0, 0.1) is 6.92 Å². The number of aliphatic hydroxyl groups excluding tert-OH is 1. The number of aromatic carboxylic acids is 1. The molecule has 0 aliphatic carbocycles. The van der Waals surface area contributed by atoms with Crippen LogP contribution in [-0.2, 0) is 10.0 Å². The van der Waals surface area contributed by atoms with E-state index in [1.54, 1.807) is 13.8 Å². The molecule has 0 saturated heterocycles. The molecule has 0 amide bonds. The Morgan fingerprint density at radius 2 is 2.05 bits per heavy atom. The number of carbonyl (C=O) groups is 1. The average molecular weight is 366 g/mol. The average Bonchev–Trinajstić information content (AvgIpc) is 2.38. The lowest BCUT2D eigenvalue weighted by Gasteiger charge is -2.15. The SMILES string of the molecule is CC[C@H](CO)NS(=O)(=O)c1cc(Br)c(C)c(C(=O)O)c1. The molecule has 3 N–H and O–H groups in total. The summed E-state index contributed by atoms with van der Waals surface area (Å²) in [6.07, 6.45) is 0.425. The zero-order valence-corrected chi connectivity index (χ0v) is 13.5. The molecule has 0 fully saturated rings. The summed E-state index contributed by atoms with van der Waals surface area (Å²) in [6, 6.07) is 1.84. The second-order valence-electron chi connectivity index (χ2n) is 4.29. The van der Waals surface area contributed by atoms with E-state index in [-0.39, 0.29) is 17.1 Å². The molecule has 1 aromatic rings. The van der Waals surface area contributed by atoms with Crippen molar-refractivity contribution in [3.05, 3.63) is 27.7 Å². The smallest absolute Gasteiger partial charge is 0.336 e. The van der Waals surface area contributed by atoms with Gasteiger partial charge in [-0.3, -0.25) is 0 Å². The van der Waals surface area contributed by atoms with Gasteiger partial charge in [-0.2, -0.15) is 0 Å². The Kier molecular flexibility index (Phi) is 5.69. The van der Waals surface area contributed by atoms with E-state index < -0.39 is 22.0 Å². The van der Waals surface area contributed by atoms with Gasteiger partial charge in [-0.1, -0.05) is 22.9 Å². The van der Waals surface area contributed by atoms with Gasteiger partial charge in [-0.15, -0.1) is 0 Å². The summed E-state index contributed by atoms with van der Waals surface area (Å²) in [5.41, 5.74) is 0.363. The topological polar surface area (TPSA) is 104 Å². The van der Waals surface area contributed by atoms with Crippen molar-refractivity contribution in [2.24, 2.45) is 0 Å². The zero-order valence-electron chi connectivity index (χ0n) is 11.1. The quantitative estimate of drug-likeness (QED) is 0.708. The van der Waals surface area contributed by atoms with Crippen molar-refractivity contribution in [3.8, 4) is 0 Å². The van der Waals surface area contributed by atoms with Gasteiger partial charge in [-0.05, 0) is 31.0 Å². The highest BCUT2D eigenvalue weighted by molar-refractivity contribution is 9.10. The van der Waals surface area contributed by atoms with E-state index in [1.807, 2.05) is 0 Å². The molecule has 0 aliphatic rings. The molecule has 8 heteroatoms. The van der Waals surface area contributed by atoms with Crippen LogP contribution in [-0.4, -0.2) is 37.2 Å². The number of carboxylic acid groups (broad SMARTS) is 1. The van der Waals surface area contributed by atoms with Gasteiger partial charge in [0.25, 0.3) is 0 Å². The largest absolute Gasteiger partial charge is 0.478 e. The molecule has 0 saturated carbocycles. The van der Waals surface area contributed by atoms with Gasteiger partial charge >= 0.3 is 5.97 Å². The lowest BCUT2D eigenvalue weighted by atomic mass is 10.1. The molecule has 0 heterocycles. The number of nitrogens with one attached hydrogen (secondary N) is 1. The zero-order chi connectivity index (χ0) is 15.5. The van der Waals surface area contributed by atoms with Crippen molar-refractivity contribution in [1.29, 1.82) is 0 Å². The Morgan fingerprint density at radius 1 is 1.45 bits per heavy atom. The molecule has 0 spiro atoms. The maximum atomic E-state index is 12.2. The molecular formula is C12H16BrNO5S. The van der Waals surface area contributed by atoms with Crippen molar-refractivity contribution in [2.45, 2.75) is 31.2 Å². The molecule has 1 atom stereocenters. The number of halogens is 1. The number of rotatable bonds is 6. The van der Waals surface area contributed by atoms with Gasteiger partial charge in [0.15, 0.2) is 0 Å². The predicted octanol–water partition coefficient (Wildman–Crippen LogP) is 1.50. The lowest BCUT2D eigenvalue weighted by Crippen LogP contribution is -2.37. The van der Waals surface area contributed by atoms with Crippen LogP contribution in [0.15, 0.2) is 21.5 Å². The van der Waals surface area contributed by atoms with Crippen LogP contribution in [0.3, 0.4) is 0 Å². The summed E-state index contributed by atoms with van der Waals surface area (Å²) in [5.74, 6) is -1.20. The van der Waals surface area contributed by atoms with Gasteiger partial charge < -0.3 is 10.2 Å². The number of aliphatic hydroxyl groups is 1. The molecule has 0 radical (unpaired) electrons. The van der Waals surface area contributed by atoms with Gasteiger partial charge in [-0.25, -0.2) is 17.9 Å². The summed E-state index contributed by atoms with van der Waals surface area (Å²) >= 11 is 3.15. The molecule has 112 valence electrons. The first-order valence-electron chi connectivity index (χ1n) is 5.89. The Labute approximate surface area is 126 Å². The molecule has 20 heavy (non-hydrogen) atoms. The van der Waals surface area contributed by atoms with E-state index in [0.29, 0.717) is 16.5 Å². The first kappa shape index (κ1) is 17.1. The van der Waals surface area contributed by atoms with Crippen molar-refractivity contribution >= 4 is 31.9 Å². The number of benzene rings is 1. The van der Waals surface area contributed by atoms with Crippen LogP contribution >= 0.6 is 15.9 Å². The summed E-state index contributed by atoms with van der Waals surface area (Å²) in [6.45, 7) is 2.99. The fourth-order valence-corrected chi connectivity index (χ4v) is 3.54. The molecule has 6 nitrogen and oxygen atoms in total. The monoisotopic (exact) mass is 365 g/mol. The minimum Gasteiger partial charge on any atom is -0.478 e. The minimum absolute atomic E-state index is 0.0863. The molecule has 1 aromatic carbocycles. The van der Waals surface area contributed by atoms with E-state index in [0.717, 1.165) is 6.07 Å². The highest BCUT2D eigenvalue weighted by Gasteiger charge is 2.22. The molecular weight excluding hydrogens is 350 g/mol. The molecule has 0 unspecified atom stereocenters. The van der Waals surface area contributed by atoms with Crippen LogP contribution in [0.5, 0.6) is 0 Å². The van der Waals surface area contributed by atoms with E-state index in [9.17, 15) is 13.2 Å². The lowest BCUT2D eigenvalue weighted by molar-refractivity contribution is 0.0695. The fourth-order valence-electron chi connectivity index (χ4n) is 1.57.